The molecule has 0 bridgehead atoms. The first-order chi connectivity index (χ1) is 8.61. The summed E-state index contributed by atoms with van der Waals surface area (Å²) in [6.45, 7) is 5.61. The zero-order valence-electron chi connectivity index (χ0n) is 11.1. The Morgan fingerprint density at radius 3 is 2.72 bits per heavy atom. The van der Waals surface area contributed by atoms with E-state index >= 15 is 0 Å². The van der Waals surface area contributed by atoms with Gasteiger partial charge in [-0.2, -0.15) is 5.26 Å². The molecular formula is C14H20N4. The SMILES string of the molecule is CN1CCC(C)(CNc2ccc(C#N)cn2)CC1. The third-order valence-electron chi connectivity index (χ3n) is 3.78. The molecule has 0 aliphatic carbocycles. The lowest BCUT2D eigenvalue weighted by atomic mass is 9.80. The predicted octanol–water partition coefficient (Wildman–Crippen LogP) is 2.10. The highest BCUT2D eigenvalue weighted by atomic mass is 15.1. The molecule has 2 heterocycles. The molecule has 0 atom stereocenters. The number of nitriles is 1. The molecule has 1 fully saturated rings. The highest BCUT2D eigenvalue weighted by molar-refractivity contribution is 5.39. The molecule has 96 valence electrons. The van der Waals surface area contributed by atoms with Gasteiger partial charge in [-0.05, 0) is 50.5 Å². The van der Waals surface area contributed by atoms with Crippen molar-refractivity contribution in [1.29, 1.82) is 5.26 Å². The van der Waals surface area contributed by atoms with Gasteiger partial charge in [0.25, 0.3) is 0 Å². The van der Waals surface area contributed by atoms with Crippen LogP contribution in [0.25, 0.3) is 0 Å². The number of likely N-dealkylation sites (tertiary alicyclic amines) is 1. The number of anilines is 1. The summed E-state index contributed by atoms with van der Waals surface area (Å²) in [5, 5.41) is 12.1. The van der Waals surface area contributed by atoms with Crippen molar-refractivity contribution >= 4 is 5.82 Å². The number of rotatable bonds is 3. The van der Waals surface area contributed by atoms with Crippen molar-refractivity contribution in [2.75, 3.05) is 32.0 Å². The van der Waals surface area contributed by atoms with Crippen molar-refractivity contribution < 1.29 is 0 Å². The number of aromatic nitrogens is 1. The van der Waals surface area contributed by atoms with Gasteiger partial charge in [-0.1, -0.05) is 6.92 Å². The fourth-order valence-corrected chi connectivity index (χ4v) is 2.20. The van der Waals surface area contributed by atoms with E-state index in [1.54, 1.807) is 12.3 Å². The monoisotopic (exact) mass is 244 g/mol. The van der Waals surface area contributed by atoms with E-state index in [1.165, 1.54) is 25.9 Å². The maximum Gasteiger partial charge on any atom is 0.125 e. The molecular weight excluding hydrogens is 224 g/mol. The van der Waals surface area contributed by atoms with Gasteiger partial charge in [0.1, 0.15) is 11.9 Å². The number of nitrogens with one attached hydrogen (secondary N) is 1. The molecule has 0 unspecified atom stereocenters. The number of nitrogens with zero attached hydrogens (tertiary/aromatic N) is 3. The number of piperidine rings is 1. The third kappa shape index (κ3) is 3.21. The molecule has 18 heavy (non-hydrogen) atoms. The molecule has 1 aliphatic heterocycles. The molecule has 2 rings (SSSR count). The lowest BCUT2D eigenvalue weighted by Gasteiger charge is -2.38. The van der Waals surface area contributed by atoms with E-state index in [9.17, 15) is 0 Å². The van der Waals surface area contributed by atoms with Crippen LogP contribution in [0.15, 0.2) is 18.3 Å². The zero-order valence-corrected chi connectivity index (χ0v) is 11.1. The summed E-state index contributed by atoms with van der Waals surface area (Å²) in [6.07, 6.45) is 4.04. The molecule has 4 heteroatoms. The molecule has 1 aromatic rings. The van der Waals surface area contributed by atoms with Crippen LogP contribution < -0.4 is 5.32 Å². The molecule has 0 radical (unpaired) electrons. The van der Waals surface area contributed by atoms with Crippen LogP contribution in [0.5, 0.6) is 0 Å². The van der Waals surface area contributed by atoms with Gasteiger partial charge in [-0.3, -0.25) is 0 Å². The van der Waals surface area contributed by atoms with E-state index in [1.807, 2.05) is 6.07 Å². The zero-order chi connectivity index (χ0) is 13.0. The molecule has 0 amide bonds. The van der Waals surface area contributed by atoms with E-state index in [4.69, 9.17) is 5.26 Å². The summed E-state index contributed by atoms with van der Waals surface area (Å²) >= 11 is 0. The minimum atomic E-state index is 0.349. The predicted molar refractivity (Wildman–Crippen MR) is 72.3 cm³/mol. The fraction of sp³-hybridized carbons (Fsp3) is 0.571. The van der Waals surface area contributed by atoms with Gasteiger partial charge in [-0.25, -0.2) is 4.98 Å². The van der Waals surface area contributed by atoms with E-state index < -0.39 is 0 Å². The van der Waals surface area contributed by atoms with E-state index in [2.05, 4.69) is 35.2 Å². The average Bonchev–Trinajstić information content (AvgIpc) is 2.41. The second kappa shape index (κ2) is 5.36. The van der Waals surface area contributed by atoms with Gasteiger partial charge in [0.05, 0.1) is 5.56 Å². The summed E-state index contributed by atoms with van der Waals surface area (Å²) in [7, 11) is 2.18. The Bertz CT molecular complexity index is 424. The second-order valence-corrected chi connectivity index (χ2v) is 5.51. The first-order valence-electron chi connectivity index (χ1n) is 6.40. The normalized spacial score (nSPS) is 19.2. The van der Waals surface area contributed by atoms with Crippen LogP contribution >= 0.6 is 0 Å². The number of pyridine rings is 1. The molecule has 1 saturated heterocycles. The van der Waals surface area contributed by atoms with Crippen LogP contribution in [-0.4, -0.2) is 36.6 Å². The fourth-order valence-electron chi connectivity index (χ4n) is 2.20. The first-order valence-corrected chi connectivity index (χ1v) is 6.40. The Morgan fingerprint density at radius 2 is 2.17 bits per heavy atom. The highest BCUT2D eigenvalue weighted by Gasteiger charge is 2.28. The quantitative estimate of drug-likeness (QED) is 0.884. The summed E-state index contributed by atoms with van der Waals surface area (Å²) in [5.74, 6) is 0.856. The largest absolute Gasteiger partial charge is 0.370 e. The Kier molecular flexibility index (Phi) is 3.83. The minimum Gasteiger partial charge on any atom is -0.370 e. The van der Waals surface area contributed by atoms with Crippen LogP contribution in [0.1, 0.15) is 25.3 Å². The topological polar surface area (TPSA) is 52.0 Å². The first kappa shape index (κ1) is 12.8. The van der Waals surface area contributed by atoms with Crippen molar-refractivity contribution in [3.05, 3.63) is 23.9 Å². The Labute approximate surface area is 109 Å². The highest BCUT2D eigenvalue weighted by Crippen LogP contribution is 2.30. The van der Waals surface area contributed by atoms with Crippen molar-refractivity contribution in [1.82, 2.24) is 9.88 Å². The van der Waals surface area contributed by atoms with Crippen LogP contribution in [-0.2, 0) is 0 Å². The molecule has 4 nitrogen and oxygen atoms in total. The van der Waals surface area contributed by atoms with Crippen molar-refractivity contribution in [2.45, 2.75) is 19.8 Å². The van der Waals surface area contributed by atoms with E-state index in [0.717, 1.165) is 12.4 Å². The summed E-state index contributed by atoms with van der Waals surface area (Å²) in [4.78, 5) is 6.61. The number of hydrogen-bond donors (Lipinski definition) is 1. The molecule has 0 saturated carbocycles. The molecule has 1 aliphatic rings. The second-order valence-electron chi connectivity index (χ2n) is 5.51. The lowest BCUT2D eigenvalue weighted by molar-refractivity contribution is 0.150. The van der Waals surface area contributed by atoms with Crippen molar-refractivity contribution in [3.8, 4) is 6.07 Å². The third-order valence-corrected chi connectivity index (χ3v) is 3.78. The average molecular weight is 244 g/mol. The van der Waals surface area contributed by atoms with Crippen LogP contribution in [0.2, 0.25) is 0 Å². The van der Waals surface area contributed by atoms with Gasteiger partial charge >= 0.3 is 0 Å². The minimum absolute atomic E-state index is 0.349. The Hall–Kier alpha value is -1.60. The van der Waals surface area contributed by atoms with Gasteiger partial charge in [0.15, 0.2) is 0 Å². The summed E-state index contributed by atoms with van der Waals surface area (Å²) < 4.78 is 0. The Morgan fingerprint density at radius 1 is 1.44 bits per heavy atom. The smallest absolute Gasteiger partial charge is 0.125 e. The van der Waals surface area contributed by atoms with Crippen molar-refractivity contribution in [2.24, 2.45) is 5.41 Å². The summed E-state index contributed by atoms with van der Waals surface area (Å²) in [5.41, 5.74) is 0.952. The lowest BCUT2D eigenvalue weighted by Crippen LogP contribution is -2.40. The van der Waals surface area contributed by atoms with Gasteiger partial charge in [0, 0.05) is 12.7 Å². The standard InChI is InChI=1S/C14H20N4/c1-14(5-7-18(2)8-6-14)11-17-13-4-3-12(9-15)10-16-13/h3-4,10H,5-8,11H2,1-2H3,(H,16,17). The van der Waals surface area contributed by atoms with Crippen LogP contribution in [0.4, 0.5) is 5.82 Å². The van der Waals surface area contributed by atoms with Crippen LogP contribution in [0, 0.1) is 16.7 Å². The molecule has 0 aromatic carbocycles. The van der Waals surface area contributed by atoms with E-state index in [-0.39, 0.29) is 0 Å². The summed E-state index contributed by atoms with van der Waals surface area (Å²) in [6, 6.07) is 5.75. The maximum absolute atomic E-state index is 8.71. The van der Waals surface area contributed by atoms with Crippen LogP contribution in [0.3, 0.4) is 0 Å². The van der Waals surface area contributed by atoms with Gasteiger partial charge in [0.2, 0.25) is 0 Å². The Balaban J connectivity index is 1.89. The number of hydrogen-bond acceptors (Lipinski definition) is 4. The maximum atomic E-state index is 8.71. The molecule has 1 N–H and O–H groups in total. The van der Waals surface area contributed by atoms with Crippen molar-refractivity contribution in [3.63, 3.8) is 0 Å². The van der Waals surface area contributed by atoms with Gasteiger partial charge in [-0.15, -0.1) is 0 Å². The van der Waals surface area contributed by atoms with Gasteiger partial charge < -0.3 is 10.2 Å². The molecule has 1 aromatic heterocycles. The molecule has 0 spiro atoms. The van der Waals surface area contributed by atoms with E-state index in [0.29, 0.717) is 11.0 Å².